The maximum absolute atomic E-state index is 12.5. The number of benzene rings is 2. The molecule has 0 unspecified atom stereocenters. The predicted molar refractivity (Wildman–Crippen MR) is 106 cm³/mol. The second-order valence-corrected chi connectivity index (χ2v) is 5.40. The fourth-order valence-electron chi connectivity index (χ4n) is 1.97. The lowest BCUT2D eigenvalue weighted by Crippen LogP contribution is -2.34. The van der Waals surface area contributed by atoms with Crippen LogP contribution >= 0.6 is 0 Å². The first-order valence-electron chi connectivity index (χ1n) is 7.97. The van der Waals surface area contributed by atoms with E-state index in [1.807, 2.05) is 0 Å². The van der Waals surface area contributed by atoms with Crippen molar-refractivity contribution in [2.75, 3.05) is 10.6 Å². The van der Waals surface area contributed by atoms with Gasteiger partial charge in [0, 0.05) is 17.5 Å². The lowest BCUT2D eigenvalue weighted by atomic mass is 10.2. The summed E-state index contributed by atoms with van der Waals surface area (Å²) < 4.78 is 0. The van der Waals surface area contributed by atoms with Crippen molar-refractivity contribution in [3.63, 3.8) is 0 Å². The molecule has 0 aliphatic rings. The van der Waals surface area contributed by atoms with E-state index in [0.29, 0.717) is 11.4 Å². The van der Waals surface area contributed by atoms with Gasteiger partial charge in [-0.3, -0.25) is 9.59 Å². The van der Waals surface area contributed by atoms with E-state index in [2.05, 4.69) is 20.8 Å². The van der Waals surface area contributed by atoms with Crippen LogP contribution in [-0.4, -0.2) is 28.5 Å². The van der Waals surface area contributed by atoms with Crippen LogP contribution in [0.15, 0.2) is 82.7 Å². The molecule has 0 aliphatic heterocycles. The standard InChI is InChI=1S/C19H19N5O3/c1-13(25)12-16(20)23-24-17(18(26)21-14-8-4-2-5-9-14)19(27)22-15-10-6-3-7-11-15/h2-12,25H,1H3,(H2,20,23)(H,21,26)(H,22,27)/b13-12-. The number of aliphatic hydroxyl groups excluding tert-OH is 1. The SMILES string of the molecule is C/C(O)=C/C(N)=NN=C(C(=O)Nc1ccccc1)C(=O)Nc1ccccc1. The fraction of sp³-hybridized carbons (Fsp3) is 0.0526. The highest BCUT2D eigenvalue weighted by Gasteiger charge is 2.21. The quantitative estimate of drug-likeness (QED) is 0.206. The van der Waals surface area contributed by atoms with Gasteiger partial charge in [-0.15, -0.1) is 10.2 Å². The van der Waals surface area contributed by atoms with Crippen LogP contribution < -0.4 is 16.4 Å². The summed E-state index contributed by atoms with van der Waals surface area (Å²) in [5.74, 6) is -1.75. The van der Waals surface area contributed by atoms with E-state index in [-0.39, 0.29) is 11.6 Å². The molecule has 0 saturated heterocycles. The van der Waals surface area contributed by atoms with Gasteiger partial charge in [-0.05, 0) is 31.2 Å². The van der Waals surface area contributed by atoms with E-state index in [1.165, 1.54) is 6.92 Å². The first-order valence-corrected chi connectivity index (χ1v) is 7.97. The minimum atomic E-state index is -0.754. The van der Waals surface area contributed by atoms with Gasteiger partial charge in [-0.1, -0.05) is 36.4 Å². The normalized spacial score (nSPS) is 11.4. The van der Waals surface area contributed by atoms with Crippen LogP contribution in [0.4, 0.5) is 11.4 Å². The molecule has 0 aromatic heterocycles. The Morgan fingerprint density at radius 1 is 0.889 bits per heavy atom. The Kier molecular flexibility index (Phi) is 6.83. The van der Waals surface area contributed by atoms with Crippen LogP contribution in [0.5, 0.6) is 0 Å². The summed E-state index contributed by atoms with van der Waals surface area (Å²) in [6, 6.07) is 17.2. The summed E-state index contributed by atoms with van der Waals surface area (Å²) in [5, 5.41) is 21.6. The maximum Gasteiger partial charge on any atom is 0.281 e. The molecule has 0 fully saturated rings. The number of aliphatic hydroxyl groups is 1. The van der Waals surface area contributed by atoms with Crippen molar-refractivity contribution in [1.29, 1.82) is 0 Å². The average molecular weight is 365 g/mol. The number of amides is 2. The maximum atomic E-state index is 12.5. The molecule has 0 aliphatic carbocycles. The molecule has 2 rings (SSSR count). The minimum Gasteiger partial charge on any atom is -0.512 e. The van der Waals surface area contributed by atoms with Crippen molar-refractivity contribution in [1.82, 2.24) is 0 Å². The molecule has 5 N–H and O–H groups in total. The Hall–Kier alpha value is -3.94. The Labute approximate surface area is 156 Å². The predicted octanol–water partition coefficient (Wildman–Crippen LogP) is 2.44. The van der Waals surface area contributed by atoms with Gasteiger partial charge >= 0.3 is 0 Å². The molecule has 0 saturated carbocycles. The van der Waals surface area contributed by atoms with Gasteiger partial charge in [0.25, 0.3) is 11.8 Å². The zero-order chi connectivity index (χ0) is 19.6. The number of rotatable bonds is 6. The van der Waals surface area contributed by atoms with Crippen molar-refractivity contribution in [2.45, 2.75) is 6.92 Å². The van der Waals surface area contributed by atoms with Crippen LogP contribution in [0.2, 0.25) is 0 Å². The number of nitrogens with zero attached hydrogens (tertiary/aromatic N) is 2. The Morgan fingerprint density at radius 3 is 1.74 bits per heavy atom. The molecule has 27 heavy (non-hydrogen) atoms. The lowest BCUT2D eigenvalue weighted by Gasteiger charge is -2.08. The minimum absolute atomic E-state index is 0.0875. The van der Waals surface area contributed by atoms with Crippen LogP contribution in [0.1, 0.15) is 6.92 Å². The summed E-state index contributed by atoms with van der Waals surface area (Å²) in [4.78, 5) is 25.0. The molecule has 0 heterocycles. The molecule has 0 spiro atoms. The number of amidine groups is 1. The molecular weight excluding hydrogens is 346 g/mol. The number of nitrogens with one attached hydrogen (secondary N) is 2. The molecule has 2 aromatic rings. The fourth-order valence-corrected chi connectivity index (χ4v) is 1.97. The lowest BCUT2D eigenvalue weighted by molar-refractivity contribution is -0.114. The molecular formula is C19H19N5O3. The van der Waals surface area contributed by atoms with E-state index in [9.17, 15) is 14.7 Å². The second-order valence-electron chi connectivity index (χ2n) is 5.40. The van der Waals surface area contributed by atoms with E-state index in [0.717, 1.165) is 6.08 Å². The van der Waals surface area contributed by atoms with Crippen molar-refractivity contribution in [3.8, 4) is 0 Å². The molecule has 138 valence electrons. The van der Waals surface area contributed by atoms with Gasteiger partial charge in [0.2, 0.25) is 5.71 Å². The smallest absolute Gasteiger partial charge is 0.281 e. The molecule has 0 bridgehead atoms. The number of nitrogens with two attached hydrogens (primary N) is 1. The first kappa shape index (κ1) is 19.4. The highest BCUT2D eigenvalue weighted by atomic mass is 16.3. The van der Waals surface area contributed by atoms with Gasteiger partial charge in [0.1, 0.15) is 5.84 Å². The topological polar surface area (TPSA) is 129 Å². The van der Waals surface area contributed by atoms with Crippen molar-refractivity contribution >= 4 is 34.7 Å². The largest absolute Gasteiger partial charge is 0.512 e. The van der Waals surface area contributed by atoms with E-state index in [1.54, 1.807) is 60.7 Å². The third-order valence-corrected chi connectivity index (χ3v) is 3.12. The Morgan fingerprint density at radius 2 is 1.33 bits per heavy atom. The van der Waals surface area contributed by atoms with Crippen LogP contribution in [0.25, 0.3) is 0 Å². The third kappa shape index (κ3) is 6.46. The summed E-state index contributed by atoms with van der Waals surface area (Å²) >= 11 is 0. The Balaban J connectivity index is 2.28. The molecule has 2 amide bonds. The summed E-state index contributed by atoms with van der Waals surface area (Å²) in [6.07, 6.45) is 1.14. The van der Waals surface area contributed by atoms with Crippen LogP contribution in [0, 0.1) is 0 Å². The molecule has 2 aromatic carbocycles. The monoisotopic (exact) mass is 365 g/mol. The van der Waals surface area contributed by atoms with Gasteiger partial charge in [0.05, 0.1) is 5.76 Å². The molecule has 0 radical (unpaired) electrons. The van der Waals surface area contributed by atoms with Gasteiger partial charge in [-0.25, -0.2) is 0 Å². The van der Waals surface area contributed by atoms with Gasteiger partial charge in [-0.2, -0.15) is 0 Å². The third-order valence-electron chi connectivity index (χ3n) is 3.12. The van der Waals surface area contributed by atoms with E-state index in [4.69, 9.17) is 5.73 Å². The first-order chi connectivity index (χ1) is 13.0. The number of hydrogen-bond donors (Lipinski definition) is 4. The van der Waals surface area contributed by atoms with Gasteiger partial charge in [0.15, 0.2) is 0 Å². The van der Waals surface area contributed by atoms with E-state index >= 15 is 0 Å². The van der Waals surface area contributed by atoms with Crippen molar-refractivity contribution < 1.29 is 14.7 Å². The zero-order valence-corrected chi connectivity index (χ0v) is 14.6. The highest BCUT2D eigenvalue weighted by molar-refractivity contribution is 6.69. The van der Waals surface area contributed by atoms with Crippen LogP contribution in [0.3, 0.4) is 0 Å². The van der Waals surface area contributed by atoms with Crippen LogP contribution in [-0.2, 0) is 9.59 Å². The summed E-state index contributed by atoms with van der Waals surface area (Å²) in [5.41, 5.74) is 6.06. The number of carbonyl (C=O) groups is 2. The average Bonchev–Trinajstić information content (AvgIpc) is 2.63. The summed E-state index contributed by atoms with van der Waals surface area (Å²) in [7, 11) is 0. The number of allylic oxidation sites excluding steroid dienone is 1. The highest BCUT2D eigenvalue weighted by Crippen LogP contribution is 2.08. The number of anilines is 2. The van der Waals surface area contributed by atoms with Crippen molar-refractivity contribution in [2.24, 2.45) is 15.9 Å². The van der Waals surface area contributed by atoms with Gasteiger partial charge < -0.3 is 21.5 Å². The van der Waals surface area contributed by atoms with E-state index < -0.39 is 17.5 Å². The number of hydrogen-bond acceptors (Lipinski definition) is 5. The molecule has 0 atom stereocenters. The van der Waals surface area contributed by atoms with Crippen molar-refractivity contribution in [3.05, 3.63) is 72.5 Å². The Bertz CT molecular complexity index is 831. The zero-order valence-electron chi connectivity index (χ0n) is 14.6. The molecule has 8 heteroatoms. The molecule has 8 nitrogen and oxygen atoms in total. The second kappa shape index (κ2) is 9.52. The number of carbonyl (C=O) groups excluding carboxylic acids is 2. The summed E-state index contributed by atoms with van der Waals surface area (Å²) in [6.45, 7) is 1.40. The number of para-hydroxylation sites is 2.